The molecule has 0 aliphatic rings. The first kappa shape index (κ1) is 14.8. The van der Waals surface area contributed by atoms with Crippen LogP contribution in [0.5, 0.6) is 5.88 Å². The van der Waals surface area contributed by atoms with Crippen LogP contribution in [0.2, 0.25) is 0 Å². The summed E-state index contributed by atoms with van der Waals surface area (Å²) in [7, 11) is 0. The Kier molecular flexibility index (Phi) is 5.12. The van der Waals surface area contributed by atoms with E-state index in [1.165, 1.54) is 0 Å². The lowest BCUT2D eigenvalue weighted by Crippen LogP contribution is -2.32. The first-order chi connectivity index (χ1) is 8.90. The molecule has 0 aliphatic carbocycles. The van der Waals surface area contributed by atoms with Crippen molar-refractivity contribution in [2.45, 2.75) is 32.9 Å². The predicted molar refractivity (Wildman–Crippen MR) is 68.4 cm³/mol. The van der Waals surface area contributed by atoms with E-state index in [0.717, 1.165) is 5.56 Å². The van der Waals surface area contributed by atoms with E-state index < -0.39 is 11.7 Å². The lowest BCUT2D eigenvalue weighted by atomic mass is 10.2. The van der Waals surface area contributed by atoms with Crippen molar-refractivity contribution in [3.8, 4) is 11.9 Å². The van der Waals surface area contributed by atoms with Crippen LogP contribution in [0.25, 0.3) is 0 Å². The van der Waals surface area contributed by atoms with E-state index in [9.17, 15) is 4.79 Å². The highest BCUT2D eigenvalue weighted by molar-refractivity contribution is 5.67. The number of carbonyl (C=O) groups is 1. The van der Waals surface area contributed by atoms with E-state index in [1.807, 2.05) is 6.07 Å². The van der Waals surface area contributed by atoms with Crippen LogP contribution in [0.1, 0.15) is 26.3 Å². The van der Waals surface area contributed by atoms with E-state index in [1.54, 1.807) is 39.1 Å². The van der Waals surface area contributed by atoms with Crippen molar-refractivity contribution >= 4 is 6.09 Å². The van der Waals surface area contributed by atoms with Crippen molar-refractivity contribution in [1.29, 1.82) is 5.26 Å². The summed E-state index contributed by atoms with van der Waals surface area (Å²) < 4.78 is 10.2. The summed E-state index contributed by atoms with van der Waals surface area (Å²) in [5, 5.41) is 11.0. The highest BCUT2D eigenvalue weighted by Gasteiger charge is 2.15. The molecule has 1 aromatic heterocycles. The van der Waals surface area contributed by atoms with Crippen molar-refractivity contribution in [3.63, 3.8) is 0 Å². The molecule has 1 heterocycles. The second kappa shape index (κ2) is 6.59. The van der Waals surface area contributed by atoms with Crippen LogP contribution in [0.4, 0.5) is 4.79 Å². The number of alkyl carbamates (subject to hydrolysis) is 1. The minimum absolute atomic E-state index is 0.0596. The Balaban J connectivity index is 2.49. The number of pyridine rings is 1. The minimum Gasteiger partial charge on any atom is -0.462 e. The monoisotopic (exact) mass is 263 g/mol. The van der Waals surface area contributed by atoms with Gasteiger partial charge in [-0.2, -0.15) is 5.26 Å². The number of nitrogens with one attached hydrogen (secondary N) is 1. The number of ether oxygens (including phenoxy) is 2. The molecule has 0 fully saturated rings. The molecular weight excluding hydrogens is 246 g/mol. The van der Waals surface area contributed by atoms with Crippen molar-refractivity contribution in [2.75, 3.05) is 6.61 Å². The average Bonchev–Trinajstić information content (AvgIpc) is 2.32. The molecule has 1 rings (SSSR count). The van der Waals surface area contributed by atoms with Crippen LogP contribution in [0.3, 0.4) is 0 Å². The Bertz CT molecular complexity index is 475. The predicted octanol–water partition coefficient (Wildman–Crippen LogP) is 2.01. The molecule has 0 unspecified atom stereocenters. The zero-order chi connectivity index (χ0) is 14.3. The molecule has 6 nitrogen and oxygen atoms in total. The molecule has 0 aromatic carbocycles. The van der Waals surface area contributed by atoms with Crippen LogP contribution in [-0.4, -0.2) is 23.3 Å². The number of amides is 1. The number of aromatic nitrogens is 1. The molecule has 0 saturated heterocycles. The summed E-state index contributed by atoms with van der Waals surface area (Å²) in [4.78, 5) is 15.4. The Morgan fingerprint density at radius 3 is 2.89 bits per heavy atom. The Morgan fingerprint density at radius 2 is 2.26 bits per heavy atom. The number of rotatable bonds is 4. The van der Waals surface area contributed by atoms with Gasteiger partial charge in [-0.25, -0.2) is 9.78 Å². The third-order valence-electron chi connectivity index (χ3n) is 1.92. The summed E-state index contributed by atoms with van der Waals surface area (Å²) in [6.07, 6.45) is 1.07. The molecule has 0 spiro atoms. The van der Waals surface area contributed by atoms with Crippen molar-refractivity contribution in [3.05, 3.63) is 23.9 Å². The van der Waals surface area contributed by atoms with E-state index in [2.05, 4.69) is 10.3 Å². The molecule has 1 amide bonds. The molecular formula is C13H17N3O3. The number of nitriles is 1. The maximum Gasteiger partial charge on any atom is 0.407 e. The molecule has 0 atom stereocenters. The van der Waals surface area contributed by atoms with E-state index in [-0.39, 0.29) is 6.61 Å². The van der Waals surface area contributed by atoms with E-state index in [0.29, 0.717) is 12.4 Å². The lowest BCUT2D eigenvalue weighted by Gasteiger charge is -2.19. The fraction of sp³-hybridized carbons (Fsp3) is 0.462. The van der Waals surface area contributed by atoms with Gasteiger partial charge in [0.1, 0.15) is 11.7 Å². The quantitative estimate of drug-likeness (QED) is 0.898. The van der Waals surface area contributed by atoms with E-state index >= 15 is 0 Å². The normalized spacial score (nSPS) is 10.4. The van der Waals surface area contributed by atoms with Gasteiger partial charge in [0.15, 0.2) is 6.61 Å². The Morgan fingerprint density at radius 1 is 1.53 bits per heavy atom. The molecule has 0 aliphatic heterocycles. The SMILES string of the molecule is CC(C)(C)OC(=O)NCc1ccnc(OCC#N)c1. The topological polar surface area (TPSA) is 84.2 Å². The highest BCUT2D eigenvalue weighted by Crippen LogP contribution is 2.10. The molecule has 0 saturated carbocycles. The zero-order valence-corrected chi connectivity index (χ0v) is 11.3. The Labute approximate surface area is 112 Å². The van der Waals surface area contributed by atoms with Crippen LogP contribution in [-0.2, 0) is 11.3 Å². The summed E-state index contributed by atoms with van der Waals surface area (Å²) in [5.41, 5.74) is 0.289. The second-order valence-electron chi connectivity index (χ2n) is 4.80. The number of carbonyl (C=O) groups excluding carboxylic acids is 1. The first-order valence-electron chi connectivity index (χ1n) is 5.82. The van der Waals surface area contributed by atoms with Crippen molar-refractivity contribution < 1.29 is 14.3 Å². The molecule has 1 aromatic rings. The first-order valence-corrected chi connectivity index (χ1v) is 5.82. The number of hydrogen-bond donors (Lipinski definition) is 1. The summed E-state index contributed by atoms with van der Waals surface area (Å²) in [5.74, 6) is 0.352. The molecule has 0 radical (unpaired) electrons. The van der Waals surface area contributed by atoms with Crippen LogP contribution in [0, 0.1) is 11.3 Å². The fourth-order valence-corrected chi connectivity index (χ4v) is 1.23. The van der Waals surface area contributed by atoms with Gasteiger partial charge in [0, 0.05) is 18.8 Å². The van der Waals surface area contributed by atoms with Gasteiger partial charge >= 0.3 is 6.09 Å². The second-order valence-corrected chi connectivity index (χ2v) is 4.80. The molecule has 19 heavy (non-hydrogen) atoms. The molecule has 6 heteroatoms. The summed E-state index contributed by atoms with van der Waals surface area (Å²) >= 11 is 0. The van der Waals surface area contributed by atoms with Crippen LogP contribution >= 0.6 is 0 Å². The van der Waals surface area contributed by atoms with Gasteiger partial charge in [0.25, 0.3) is 0 Å². The van der Waals surface area contributed by atoms with Crippen LogP contribution < -0.4 is 10.1 Å². The molecule has 0 bridgehead atoms. The number of hydrogen-bond acceptors (Lipinski definition) is 5. The standard InChI is InChI=1S/C13H17N3O3/c1-13(2,3)19-12(17)16-9-10-4-6-15-11(8-10)18-7-5-14/h4,6,8H,7,9H2,1-3H3,(H,16,17). The van der Waals surface area contributed by atoms with Crippen molar-refractivity contribution in [1.82, 2.24) is 10.3 Å². The average molecular weight is 263 g/mol. The minimum atomic E-state index is -0.524. The summed E-state index contributed by atoms with van der Waals surface area (Å²) in [6, 6.07) is 5.27. The molecule has 1 N–H and O–H groups in total. The van der Waals surface area contributed by atoms with Crippen molar-refractivity contribution in [2.24, 2.45) is 0 Å². The maximum absolute atomic E-state index is 11.5. The van der Waals surface area contributed by atoms with Gasteiger partial charge < -0.3 is 14.8 Å². The van der Waals surface area contributed by atoms with Gasteiger partial charge in [-0.3, -0.25) is 0 Å². The summed E-state index contributed by atoms with van der Waals surface area (Å²) in [6.45, 7) is 5.64. The van der Waals surface area contributed by atoms with Gasteiger partial charge in [0.2, 0.25) is 5.88 Å². The van der Waals surface area contributed by atoms with Gasteiger partial charge in [0.05, 0.1) is 0 Å². The van der Waals surface area contributed by atoms with E-state index in [4.69, 9.17) is 14.7 Å². The Hall–Kier alpha value is -2.29. The van der Waals surface area contributed by atoms with Crippen LogP contribution in [0.15, 0.2) is 18.3 Å². The van der Waals surface area contributed by atoms with Gasteiger partial charge in [-0.05, 0) is 32.4 Å². The third kappa shape index (κ3) is 6.27. The maximum atomic E-state index is 11.5. The third-order valence-corrected chi connectivity index (χ3v) is 1.92. The largest absolute Gasteiger partial charge is 0.462 e. The zero-order valence-electron chi connectivity index (χ0n) is 11.3. The highest BCUT2D eigenvalue weighted by atomic mass is 16.6. The smallest absolute Gasteiger partial charge is 0.407 e. The fourth-order valence-electron chi connectivity index (χ4n) is 1.23. The van der Waals surface area contributed by atoms with Gasteiger partial charge in [-0.15, -0.1) is 0 Å². The molecule has 102 valence electrons. The lowest BCUT2D eigenvalue weighted by molar-refractivity contribution is 0.0523. The number of nitrogens with zero attached hydrogens (tertiary/aromatic N) is 2. The van der Waals surface area contributed by atoms with Gasteiger partial charge in [-0.1, -0.05) is 0 Å².